The smallest absolute Gasteiger partial charge is 0.291 e. The number of halogens is 1. The molecular weight excluding hydrogens is 341 g/mol. The van der Waals surface area contributed by atoms with Gasteiger partial charge in [-0.25, -0.2) is 14.1 Å². The molecule has 136 valence electrons. The van der Waals surface area contributed by atoms with Gasteiger partial charge in [-0.05, 0) is 19.1 Å². The van der Waals surface area contributed by atoms with E-state index in [1.807, 2.05) is 6.92 Å². The minimum Gasteiger partial charge on any atom is -0.489 e. The molecule has 3 heterocycles. The lowest BCUT2D eigenvalue weighted by Gasteiger charge is -2.19. The molecule has 2 amide bonds. The molecule has 2 aromatic rings. The highest BCUT2D eigenvalue weighted by atomic mass is 19.1. The number of nitrogens with zero attached hydrogens (tertiary/aromatic N) is 4. The molecule has 3 atom stereocenters. The molecule has 4 rings (SSSR count). The highest BCUT2D eigenvalue weighted by molar-refractivity contribution is 6.02. The highest BCUT2D eigenvalue weighted by Gasteiger charge is 2.35. The molecule has 0 spiro atoms. The van der Waals surface area contributed by atoms with Crippen LogP contribution >= 0.6 is 0 Å². The Morgan fingerprint density at radius 1 is 1.38 bits per heavy atom. The summed E-state index contributed by atoms with van der Waals surface area (Å²) in [6, 6.07) is 6.08. The van der Waals surface area contributed by atoms with Crippen molar-refractivity contribution in [1.29, 1.82) is 0 Å². The first-order valence-electron chi connectivity index (χ1n) is 8.36. The van der Waals surface area contributed by atoms with Crippen LogP contribution in [0, 0.1) is 0 Å². The van der Waals surface area contributed by atoms with E-state index in [1.54, 1.807) is 31.3 Å². The average Bonchev–Trinajstić information content (AvgIpc) is 3.16. The van der Waals surface area contributed by atoms with Crippen LogP contribution in [0.15, 0.2) is 24.3 Å². The fourth-order valence-corrected chi connectivity index (χ4v) is 3.25. The summed E-state index contributed by atoms with van der Waals surface area (Å²) in [5, 5.41) is 6.68. The zero-order valence-corrected chi connectivity index (χ0v) is 14.3. The fourth-order valence-electron chi connectivity index (χ4n) is 3.25. The summed E-state index contributed by atoms with van der Waals surface area (Å²) in [4.78, 5) is 30.5. The van der Waals surface area contributed by atoms with E-state index >= 15 is 0 Å². The second kappa shape index (κ2) is 6.08. The lowest BCUT2D eigenvalue weighted by molar-refractivity contribution is -0.120. The summed E-state index contributed by atoms with van der Waals surface area (Å²) in [5.41, 5.74) is 0.627. The van der Waals surface area contributed by atoms with Crippen LogP contribution in [0.25, 0.3) is 0 Å². The summed E-state index contributed by atoms with van der Waals surface area (Å²) >= 11 is 0. The van der Waals surface area contributed by atoms with Crippen molar-refractivity contribution in [2.45, 2.75) is 31.6 Å². The maximum absolute atomic E-state index is 13.9. The van der Waals surface area contributed by atoms with Gasteiger partial charge < -0.3 is 15.0 Å². The molecule has 2 aliphatic heterocycles. The number of carbonyl (C=O) groups is 2. The van der Waals surface area contributed by atoms with Gasteiger partial charge in [-0.3, -0.25) is 9.59 Å². The van der Waals surface area contributed by atoms with Gasteiger partial charge >= 0.3 is 0 Å². The van der Waals surface area contributed by atoms with Crippen molar-refractivity contribution < 1.29 is 18.7 Å². The predicted molar refractivity (Wildman–Crippen MR) is 89.8 cm³/mol. The number of alkyl halides is 1. The Bertz CT molecular complexity index is 858. The summed E-state index contributed by atoms with van der Waals surface area (Å²) < 4.78 is 21.0. The number of aromatic nitrogens is 3. The lowest BCUT2D eigenvalue weighted by atomic mass is 10.2. The van der Waals surface area contributed by atoms with Crippen molar-refractivity contribution in [1.82, 2.24) is 20.1 Å². The van der Waals surface area contributed by atoms with E-state index in [-0.39, 0.29) is 30.2 Å². The third-order valence-corrected chi connectivity index (χ3v) is 4.67. The Hall–Kier alpha value is -2.97. The molecule has 1 aromatic heterocycles. The monoisotopic (exact) mass is 359 g/mol. The zero-order chi connectivity index (χ0) is 18.4. The van der Waals surface area contributed by atoms with Gasteiger partial charge in [0, 0.05) is 13.5 Å². The van der Waals surface area contributed by atoms with E-state index in [0.29, 0.717) is 17.9 Å². The Kier molecular flexibility index (Phi) is 3.86. The van der Waals surface area contributed by atoms with Crippen molar-refractivity contribution in [3.05, 3.63) is 35.9 Å². The molecule has 26 heavy (non-hydrogen) atoms. The van der Waals surface area contributed by atoms with Gasteiger partial charge in [-0.15, -0.1) is 5.10 Å². The molecule has 0 bridgehead atoms. The Balaban J connectivity index is 1.53. The molecule has 0 unspecified atom stereocenters. The highest BCUT2D eigenvalue weighted by Crippen LogP contribution is 2.35. The summed E-state index contributed by atoms with van der Waals surface area (Å²) in [6.45, 7) is 1.80. The number of benzene rings is 1. The number of nitrogens with one attached hydrogen (secondary N) is 1. The molecular formula is C17H18FN5O3. The van der Waals surface area contributed by atoms with Crippen molar-refractivity contribution in [3.8, 4) is 5.75 Å². The van der Waals surface area contributed by atoms with Crippen LogP contribution in [0.1, 0.15) is 42.0 Å². The number of hydrogen-bond donors (Lipinski definition) is 1. The maximum Gasteiger partial charge on any atom is 0.291 e. The second-order valence-corrected chi connectivity index (χ2v) is 6.49. The van der Waals surface area contributed by atoms with Gasteiger partial charge in [0.15, 0.2) is 12.0 Å². The van der Waals surface area contributed by atoms with Crippen LogP contribution < -0.4 is 15.0 Å². The maximum atomic E-state index is 13.9. The third-order valence-electron chi connectivity index (χ3n) is 4.67. The minimum atomic E-state index is -1.23. The van der Waals surface area contributed by atoms with Crippen molar-refractivity contribution in [2.75, 3.05) is 18.6 Å². The van der Waals surface area contributed by atoms with Crippen LogP contribution in [0.5, 0.6) is 5.75 Å². The van der Waals surface area contributed by atoms with Gasteiger partial charge in [-0.1, -0.05) is 12.1 Å². The van der Waals surface area contributed by atoms with E-state index in [1.165, 1.54) is 9.58 Å². The van der Waals surface area contributed by atoms with Gasteiger partial charge in [0.05, 0.1) is 11.7 Å². The van der Waals surface area contributed by atoms with Gasteiger partial charge in [-0.2, -0.15) is 0 Å². The third kappa shape index (κ3) is 2.59. The lowest BCUT2D eigenvalue weighted by Crippen LogP contribution is -2.49. The van der Waals surface area contributed by atoms with Crippen molar-refractivity contribution >= 4 is 17.5 Å². The predicted octanol–water partition coefficient (Wildman–Crippen LogP) is 1.41. The van der Waals surface area contributed by atoms with E-state index in [4.69, 9.17) is 4.74 Å². The largest absolute Gasteiger partial charge is 0.489 e. The van der Waals surface area contributed by atoms with Crippen LogP contribution in [-0.4, -0.2) is 46.3 Å². The number of rotatable bonds is 2. The molecule has 0 radical (unpaired) electrons. The van der Waals surface area contributed by atoms with Crippen LogP contribution in [-0.2, 0) is 4.79 Å². The molecule has 0 aliphatic carbocycles. The molecule has 9 heteroatoms. The molecule has 1 aromatic carbocycles. The van der Waals surface area contributed by atoms with Crippen molar-refractivity contribution in [2.24, 2.45) is 0 Å². The van der Waals surface area contributed by atoms with Crippen LogP contribution in [0.4, 0.5) is 10.1 Å². The minimum absolute atomic E-state index is 0.0123. The number of likely N-dealkylation sites (N-methyl/N-ethyl adjacent to an activating group) is 1. The van der Waals surface area contributed by atoms with Crippen molar-refractivity contribution in [3.63, 3.8) is 0 Å². The first-order valence-corrected chi connectivity index (χ1v) is 8.36. The zero-order valence-electron chi connectivity index (χ0n) is 14.3. The van der Waals surface area contributed by atoms with E-state index in [9.17, 15) is 14.0 Å². The summed E-state index contributed by atoms with van der Waals surface area (Å²) in [7, 11) is 1.62. The van der Waals surface area contributed by atoms with Gasteiger partial charge in [0.25, 0.3) is 11.8 Å². The molecule has 1 N–H and O–H groups in total. The molecule has 0 saturated carbocycles. The molecule has 8 nitrogen and oxygen atoms in total. The van der Waals surface area contributed by atoms with Crippen LogP contribution in [0.3, 0.4) is 0 Å². The number of fused-ring (bicyclic) bond motifs is 2. The first-order chi connectivity index (χ1) is 12.5. The molecule has 0 fully saturated rings. The molecule has 0 saturated heterocycles. The summed E-state index contributed by atoms with van der Waals surface area (Å²) in [6.07, 6.45) is -0.933. The topological polar surface area (TPSA) is 89.3 Å². The number of para-hydroxylation sites is 2. The van der Waals surface area contributed by atoms with E-state index in [0.717, 1.165) is 0 Å². The number of hydrogen-bond acceptors (Lipinski definition) is 5. The number of amides is 2. The Morgan fingerprint density at radius 3 is 2.92 bits per heavy atom. The van der Waals surface area contributed by atoms with Gasteiger partial charge in [0.2, 0.25) is 5.82 Å². The number of carbonyl (C=O) groups excluding carboxylic acids is 2. The van der Waals surface area contributed by atoms with Crippen LogP contribution in [0.2, 0.25) is 0 Å². The van der Waals surface area contributed by atoms with Gasteiger partial charge in [0.1, 0.15) is 18.4 Å². The Morgan fingerprint density at radius 2 is 2.15 bits per heavy atom. The van der Waals surface area contributed by atoms with E-state index in [2.05, 4.69) is 15.4 Å². The summed E-state index contributed by atoms with van der Waals surface area (Å²) in [5.74, 6) is -0.380. The average molecular weight is 359 g/mol. The second-order valence-electron chi connectivity index (χ2n) is 6.49. The molecule has 2 aliphatic rings. The number of anilines is 1. The SMILES string of the molecule is C[C@H]1C[C@H](F)c2nc(C(=O)N[C@H]3COc4ccccc4N(C)C3=O)nn21. The van der Waals surface area contributed by atoms with E-state index < -0.39 is 18.1 Å². The Labute approximate surface area is 149 Å². The first kappa shape index (κ1) is 16.5. The quantitative estimate of drug-likeness (QED) is 0.876. The standard InChI is InChI=1S/C17H18FN5O3/c1-9-7-10(18)15-20-14(21-23(9)15)16(24)19-11-8-26-13-6-4-3-5-12(13)22(2)17(11)25/h3-6,9-11H,7-8H2,1-2H3,(H,19,24)/t9-,10-,11-/m0/s1. The number of ether oxygens (including phenoxy) is 1. The normalized spacial score (nSPS) is 24.5. The fraction of sp³-hybridized carbons (Fsp3) is 0.412.